The van der Waals surface area contributed by atoms with Gasteiger partial charge in [-0.1, -0.05) is 0 Å². The standard InChI is InChI=1S/C7H6ClFN2S/c8-11-7(12)10-6-3-1-5(9)2-4-6/h1-4H,(H2,10,11,12). The van der Waals surface area contributed by atoms with Crippen molar-refractivity contribution in [1.29, 1.82) is 0 Å². The van der Waals surface area contributed by atoms with Gasteiger partial charge in [0.2, 0.25) is 0 Å². The van der Waals surface area contributed by atoms with Gasteiger partial charge >= 0.3 is 0 Å². The van der Waals surface area contributed by atoms with Crippen LogP contribution >= 0.6 is 24.0 Å². The average molecular weight is 205 g/mol. The smallest absolute Gasteiger partial charge is 0.185 e. The van der Waals surface area contributed by atoms with E-state index in [1.165, 1.54) is 12.1 Å². The van der Waals surface area contributed by atoms with Crippen LogP contribution in [0.25, 0.3) is 0 Å². The third kappa shape index (κ3) is 2.64. The van der Waals surface area contributed by atoms with Gasteiger partial charge < -0.3 is 5.32 Å². The highest BCUT2D eigenvalue weighted by molar-refractivity contribution is 7.80. The molecule has 1 aromatic carbocycles. The van der Waals surface area contributed by atoms with E-state index in [1.807, 2.05) is 0 Å². The summed E-state index contributed by atoms with van der Waals surface area (Å²) in [5, 5.41) is 3.02. The van der Waals surface area contributed by atoms with Gasteiger partial charge in [-0.2, -0.15) is 0 Å². The Balaban J connectivity index is 2.64. The van der Waals surface area contributed by atoms with Gasteiger partial charge in [0, 0.05) is 17.5 Å². The number of halogens is 2. The van der Waals surface area contributed by atoms with Crippen LogP contribution in [0.1, 0.15) is 0 Å². The number of hydrogen-bond acceptors (Lipinski definition) is 1. The third-order valence-corrected chi connectivity index (χ3v) is 1.69. The fourth-order valence-electron chi connectivity index (χ4n) is 0.688. The van der Waals surface area contributed by atoms with Gasteiger partial charge in [-0.15, -0.1) is 0 Å². The van der Waals surface area contributed by atoms with Gasteiger partial charge in [0.1, 0.15) is 5.82 Å². The Labute approximate surface area is 79.8 Å². The number of nitrogens with one attached hydrogen (secondary N) is 2. The van der Waals surface area contributed by atoms with Crippen LogP contribution < -0.4 is 10.2 Å². The first-order valence-electron chi connectivity index (χ1n) is 3.15. The van der Waals surface area contributed by atoms with Crippen molar-refractivity contribution in [3.05, 3.63) is 30.1 Å². The SMILES string of the molecule is Fc1ccc(NC(=S)NCl)cc1. The van der Waals surface area contributed by atoms with E-state index in [2.05, 4.69) is 10.2 Å². The molecule has 1 rings (SSSR count). The molecule has 0 aliphatic rings. The molecule has 0 heterocycles. The zero-order chi connectivity index (χ0) is 8.97. The molecule has 0 unspecified atom stereocenters. The summed E-state index contributed by atoms with van der Waals surface area (Å²) in [5.74, 6) is -0.287. The minimum absolute atomic E-state index is 0.281. The van der Waals surface area contributed by atoms with Crippen molar-refractivity contribution in [3.8, 4) is 0 Å². The number of hydrogen-bond donors (Lipinski definition) is 2. The van der Waals surface area contributed by atoms with Crippen LogP contribution in [-0.2, 0) is 0 Å². The van der Waals surface area contributed by atoms with Crippen LogP contribution in [0.3, 0.4) is 0 Å². The predicted octanol–water partition coefficient (Wildman–Crippen LogP) is 2.27. The Morgan fingerprint density at radius 2 is 1.92 bits per heavy atom. The van der Waals surface area contributed by atoms with Gasteiger partial charge in [0.15, 0.2) is 5.11 Å². The molecule has 0 aliphatic carbocycles. The van der Waals surface area contributed by atoms with E-state index >= 15 is 0 Å². The third-order valence-electron chi connectivity index (χ3n) is 1.19. The van der Waals surface area contributed by atoms with Crippen LogP contribution in [-0.4, -0.2) is 5.11 Å². The highest BCUT2D eigenvalue weighted by atomic mass is 35.5. The molecule has 0 amide bonds. The van der Waals surface area contributed by atoms with E-state index in [0.717, 1.165) is 0 Å². The average Bonchev–Trinajstić information content (AvgIpc) is 2.09. The maximum absolute atomic E-state index is 12.4. The van der Waals surface area contributed by atoms with Gasteiger partial charge in [-0.05, 0) is 36.5 Å². The molecule has 0 aromatic heterocycles. The lowest BCUT2D eigenvalue weighted by Gasteiger charge is -2.04. The monoisotopic (exact) mass is 204 g/mol. The van der Waals surface area contributed by atoms with Crippen LogP contribution in [0.2, 0.25) is 0 Å². The molecule has 0 fully saturated rings. The molecule has 0 bridgehead atoms. The topological polar surface area (TPSA) is 24.1 Å². The molecule has 5 heteroatoms. The van der Waals surface area contributed by atoms with Crippen molar-refractivity contribution in [2.75, 3.05) is 5.32 Å². The van der Waals surface area contributed by atoms with E-state index in [0.29, 0.717) is 5.69 Å². The summed E-state index contributed by atoms with van der Waals surface area (Å²) in [5.41, 5.74) is 0.689. The second-order valence-electron chi connectivity index (χ2n) is 2.06. The van der Waals surface area contributed by atoms with Gasteiger partial charge in [0.05, 0.1) is 0 Å². The molecule has 0 saturated carbocycles. The summed E-state index contributed by atoms with van der Waals surface area (Å²) in [6.45, 7) is 0. The highest BCUT2D eigenvalue weighted by Gasteiger charge is 1.94. The second kappa shape index (κ2) is 4.23. The molecule has 2 nitrogen and oxygen atoms in total. The molecule has 1 aromatic rings. The lowest BCUT2D eigenvalue weighted by molar-refractivity contribution is 0.628. The van der Waals surface area contributed by atoms with E-state index in [-0.39, 0.29) is 10.9 Å². The first-order chi connectivity index (χ1) is 5.72. The number of benzene rings is 1. The van der Waals surface area contributed by atoms with Crippen LogP contribution in [0, 0.1) is 5.82 Å². The summed E-state index contributed by atoms with van der Waals surface area (Å²) in [4.78, 5) is 2.23. The molecule has 0 radical (unpaired) electrons. The molecular weight excluding hydrogens is 199 g/mol. The van der Waals surface area contributed by atoms with Crippen molar-refractivity contribution in [2.45, 2.75) is 0 Å². The predicted molar refractivity (Wildman–Crippen MR) is 51.6 cm³/mol. The van der Waals surface area contributed by atoms with E-state index < -0.39 is 0 Å². The maximum atomic E-state index is 12.4. The molecule has 0 spiro atoms. The van der Waals surface area contributed by atoms with Crippen molar-refractivity contribution in [2.24, 2.45) is 0 Å². The molecule has 2 N–H and O–H groups in total. The molecule has 0 atom stereocenters. The van der Waals surface area contributed by atoms with Gasteiger partial charge in [-0.25, -0.2) is 4.39 Å². The fourth-order valence-corrected chi connectivity index (χ4v) is 0.853. The van der Waals surface area contributed by atoms with Crippen molar-refractivity contribution >= 4 is 34.8 Å². The number of thiocarbonyl (C=S) groups is 1. The van der Waals surface area contributed by atoms with E-state index in [9.17, 15) is 4.39 Å². The molecule has 0 saturated heterocycles. The minimum Gasteiger partial charge on any atom is -0.332 e. The molecular formula is C7H6ClFN2S. The van der Waals surface area contributed by atoms with Crippen molar-refractivity contribution in [1.82, 2.24) is 4.84 Å². The van der Waals surface area contributed by atoms with E-state index in [1.54, 1.807) is 12.1 Å². The summed E-state index contributed by atoms with van der Waals surface area (Å²) in [6.07, 6.45) is 0. The van der Waals surface area contributed by atoms with Crippen LogP contribution in [0.15, 0.2) is 24.3 Å². The van der Waals surface area contributed by atoms with Crippen molar-refractivity contribution < 1.29 is 4.39 Å². The van der Waals surface area contributed by atoms with Gasteiger partial charge in [0.25, 0.3) is 0 Å². The summed E-state index contributed by atoms with van der Waals surface area (Å²) >= 11 is 9.93. The zero-order valence-electron chi connectivity index (χ0n) is 5.97. The molecule has 12 heavy (non-hydrogen) atoms. The highest BCUT2D eigenvalue weighted by Crippen LogP contribution is 2.07. The normalized spacial score (nSPS) is 9.17. The van der Waals surface area contributed by atoms with Crippen molar-refractivity contribution in [3.63, 3.8) is 0 Å². The first-order valence-corrected chi connectivity index (χ1v) is 3.94. The second-order valence-corrected chi connectivity index (χ2v) is 2.65. The first kappa shape index (κ1) is 9.22. The fraction of sp³-hybridized carbons (Fsp3) is 0. The minimum atomic E-state index is -0.287. The quantitative estimate of drug-likeness (QED) is 0.542. The number of anilines is 1. The Morgan fingerprint density at radius 3 is 2.42 bits per heavy atom. The molecule has 0 aliphatic heterocycles. The lowest BCUT2D eigenvalue weighted by Crippen LogP contribution is -2.19. The summed E-state index contributed by atoms with van der Waals surface area (Å²) in [6, 6.07) is 5.80. The lowest BCUT2D eigenvalue weighted by atomic mass is 10.3. The van der Waals surface area contributed by atoms with Gasteiger partial charge in [-0.3, -0.25) is 4.84 Å². The Kier molecular flexibility index (Phi) is 3.25. The molecule has 64 valence electrons. The summed E-state index contributed by atoms with van der Waals surface area (Å²) < 4.78 is 12.4. The number of rotatable bonds is 1. The Morgan fingerprint density at radius 1 is 1.33 bits per heavy atom. The maximum Gasteiger partial charge on any atom is 0.185 e. The zero-order valence-corrected chi connectivity index (χ0v) is 7.55. The Hall–Kier alpha value is -0.870. The Bertz CT molecular complexity index is 275. The van der Waals surface area contributed by atoms with Crippen LogP contribution in [0.4, 0.5) is 10.1 Å². The summed E-state index contributed by atoms with van der Waals surface area (Å²) in [7, 11) is 0. The van der Waals surface area contributed by atoms with Crippen LogP contribution in [0.5, 0.6) is 0 Å². The van der Waals surface area contributed by atoms with E-state index in [4.69, 9.17) is 24.0 Å². The largest absolute Gasteiger partial charge is 0.332 e.